The van der Waals surface area contributed by atoms with Crippen molar-refractivity contribution in [1.29, 1.82) is 0 Å². The average molecular weight is 246 g/mol. The summed E-state index contributed by atoms with van der Waals surface area (Å²) in [5.74, 6) is 0.171. The van der Waals surface area contributed by atoms with Crippen molar-refractivity contribution in [3.63, 3.8) is 0 Å². The highest BCUT2D eigenvalue weighted by molar-refractivity contribution is 8.01. The van der Waals surface area contributed by atoms with Crippen LogP contribution in [0, 0.1) is 6.92 Å². The molecule has 82 valence electrons. The number of primary amides is 1. The highest BCUT2D eigenvalue weighted by Gasteiger charge is 2.06. The van der Waals surface area contributed by atoms with Crippen LogP contribution in [0.3, 0.4) is 0 Å². The van der Waals surface area contributed by atoms with Gasteiger partial charge in [0.1, 0.15) is 5.01 Å². The van der Waals surface area contributed by atoms with Gasteiger partial charge < -0.3 is 5.73 Å². The topological polar surface area (TPSA) is 98.0 Å². The van der Waals surface area contributed by atoms with E-state index in [4.69, 9.17) is 5.73 Å². The number of hydrogen-bond acceptors (Lipinski definition) is 6. The van der Waals surface area contributed by atoms with E-state index in [0.29, 0.717) is 5.75 Å². The molecule has 0 aliphatic carbocycles. The summed E-state index contributed by atoms with van der Waals surface area (Å²) in [7, 11) is 0. The number of nitrogens with zero attached hydrogens (tertiary/aromatic N) is 2. The molecule has 0 spiro atoms. The van der Waals surface area contributed by atoms with Crippen molar-refractivity contribution in [3.05, 3.63) is 5.01 Å². The number of thioether (sulfide) groups is 1. The number of urea groups is 1. The van der Waals surface area contributed by atoms with Crippen LogP contribution in [-0.2, 0) is 4.79 Å². The Hall–Kier alpha value is -1.15. The lowest BCUT2D eigenvalue weighted by Crippen LogP contribution is -2.35. The predicted molar refractivity (Wildman–Crippen MR) is 57.7 cm³/mol. The molecule has 1 aromatic heterocycles. The maximum Gasteiger partial charge on any atom is 0.318 e. The minimum Gasteiger partial charge on any atom is -0.351 e. The van der Waals surface area contributed by atoms with Crippen LogP contribution >= 0.6 is 23.1 Å². The van der Waals surface area contributed by atoms with E-state index in [2.05, 4.69) is 10.2 Å². The van der Waals surface area contributed by atoms with Crippen molar-refractivity contribution in [2.24, 2.45) is 5.73 Å². The zero-order chi connectivity index (χ0) is 11.3. The molecule has 1 heterocycles. The Morgan fingerprint density at radius 1 is 1.53 bits per heavy atom. The van der Waals surface area contributed by atoms with Gasteiger partial charge in [-0.15, -0.1) is 10.2 Å². The third kappa shape index (κ3) is 4.75. The van der Waals surface area contributed by atoms with Crippen molar-refractivity contribution in [2.45, 2.75) is 17.7 Å². The van der Waals surface area contributed by atoms with Crippen LogP contribution in [0.15, 0.2) is 4.34 Å². The highest BCUT2D eigenvalue weighted by Crippen LogP contribution is 2.22. The molecule has 0 aliphatic rings. The van der Waals surface area contributed by atoms with Crippen molar-refractivity contribution >= 4 is 35.0 Å². The lowest BCUT2D eigenvalue weighted by atomic mass is 10.4. The summed E-state index contributed by atoms with van der Waals surface area (Å²) in [5.41, 5.74) is 4.78. The van der Waals surface area contributed by atoms with Crippen molar-refractivity contribution < 1.29 is 9.59 Å². The molecule has 3 N–H and O–H groups in total. The molecule has 0 radical (unpaired) electrons. The van der Waals surface area contributed by atoms with Crippen LogP contribution in [0.4, 0.5) is 4.79 Å². The van der Waals surface area contributed by atoms with Gasteiger partial charge in [-0.1, -0.05) is 23.1 Å². The summed E-state index contributed by atoms with van der Waals surface area (Å²) in [6.45, 7) is 1.86. The number of imide groups is 1. The smallest absolute Gasteiger partial charge is 0.318 e. The normalized spacial score (nSPS) is 9.93. The summed E-state index contributed by atoms with van der Waals surface area (Å²) >= 11 is 2.90. The number of aryl methyl sites for hydroxylation is 1. The van der Waals surface area contributed by atoms with Crippen LogP contribution < -0.4 is 11.1 Å². The summed E-state index contributed by atoms with van der Waals surface area (Å²) in [4.78, 5) is 21.3. The lowest BCUT2D eigenvalue weighted by Gasteiger charge is -1.98. The number of carbonyl (C=O) groups is 2. The summed E-state index contributed by atoms with van der Waals surface area (Å²) < 4.78 is 0.819. The Balaban J connectivity index is 2.22. The maximum absolute atomic E-state index is 11.0. The van der Waals surface area contributed by atoms with Gasteiger partial charge in [-0.25, -0.2) is 4.79 Å². The van der Waals surface area contributed by atoms with Gasteiger partial charge in [-0.05, 0) is 6.92 Å². The van der Waals surface area contributed by atoms with E-state index in [0.717, 1.165) is 9.35 Å². The number of rotatable bonds is 4. The van der Waals surface area contributed by atoms with Gasteiger partial charge in [0.25, 0.3) is 0 Å². The molecular formula is C7H10N4O2S2. The van der Waals surface area contributed by atoms with E-state index in [1.165, 1.54) is 23.1 Å². The molecule has 15 heavy (non-hydrogen) atoms. The SMILES string of the molecule is Cc1nnc(SCCC(=O)NC(N)=O)s1. The Labute approximate surface area is 94.6 Å². The molecular weight excluding hydrogens is 236 g/mol. The van der Waals surface area contributed by atoms with Crippen LogP contribution in [-0.4, -0.2) is 27.9 Å². The van der Waals surface area contributed by atoms with Gasteiger partial charge in [-0.3, -0.25) is 10.1 Å². The molecule has 0 saturated carbocycles. The Morgan fingerprint density at radius 3 is 2.80 bits per heavy atom. The van der Waals surface area contributed by atoms with Gasteiger partial charge in [-0.2, -0.15) is 0 Å². The Bertz CT molecular complexity index is 366. The van der Waals surface area contributed by atoms with Crippen LogP contribution in [0.2, 0.25) is 0 Å². The first kappa shape index (κ1) is 11.9. The summed E-state index contributed by atoms with van der Waals surface area (Å²) in [5, 5.41) is 10.6. The predicted octanol–water partition coefficient (Wildman–Crippen LogP) is 0.524. The summed E-state index contributed by atoms with van der Waals surface area (Å²) in [6, 6.07) is -0.822. The van der Waals surface area contributed by atoms with Crippen molar-refractivity contribution in [2.75, 3.05) is 5.75 Å². The van der Waals surface area contributed by atoms with Gasteiger partial charge in [0.2, 0.25) is 5.91 Å². The minimum absolute atomic E-state index is 0.228. The molecule has 0 aromatic carbocycles. The number of nitrogens with one attached hydrogen (secondary N) is 1. The van der Waals surface area contributed by atoms with Crippen LogP contribution in [0.5, 0.6) is 0 Å². The molecule has 3 amide bonds. The van der Waals surface area contributed by atoms with E-state index in [1.807, 2.05) is 12.2 Å². The van der Waals surface area contributed by atoms with E-state index >= 15 is 0 Å². The largest absolute Gasteiger partial charge is 0.351 e. The molecule has 0 fully saturated rings. The van der Waals surface area contributed by atoms with E-state index in [9.17, 15) is 9.59 Å². The van der Waals surface area contributed by atoms with Crippen LogP contribution in [0.25, 0.3) is 0 Å². The number of amides is 3. The third-order valence-corrected chi connectivity index (χ3v) is 3.30. The number of aromatic nitrogens is 2. The molecule has 8 heteroatoms. The zero-order valence-corrected chi connectivity index (χ0v) is 9.65. The number of hydrogen-bond donors (Lipinski definition) is 2. The second kappa shape index (κ2) is 5.66. The monoisotopic (exact) mass is 246 g/mol. The second-order valence-corrected chi connectivity index (χ2v) is 5.12. The molecule has 1 rings (SSSR count). The molecule has 1 aromatic rings. The van der Waals surface area contributed by atoms with Gasteiger partial charge >= 0.3 is 6.03 Å². The first-order valence-electron chi connectivity index (χ1n) is 4.10. The molecule has 0 bridgehead atoms. The van der Waals surface area contributed by atoms with E-state index in [1.54, 1.807) is 0 Å². The fourth-order valence-electron chi connectivity index (χ4n) is 0.768. The minimum atomic E-state index is -0.822. The fourth-order valence-corrected chi connectivity index (χ4v) is 2.59. The quantitative estimate of drug-likeness (QED) is 0.755. The Kier molecular flexibility index (Phi) is 4.50. The fraction of sp³-hybridized carbons (Fsp3) is 0.429. The van der Waals surface area contributed by atoms with Gasteiger partial charge in [0, 0.05) is 12.2 Å². The van der Waals surface area contributed by atoms with Gasteiger partial charge in [0.05, 0.1) is 0 Å². The number of nitrogens with two attached hydrogens (primary N) is 1. The molecule has 0 saturated heterocycles. The highest BCUT2D eigenvalue weighted by atomic mass is 32.2. The maximum atomic E-state index is 11.0. The first-order chi connectivity index (χ1) is 7.08. The Morgan fingerprint density at radius 2 is 2.27 bits per heavy atom. The van der Waals surface area contributed by atoms with Crippen molar-refractivity contribution in [3.8, 4) is 0 Å². The second-order valence-electron chi connectivity index (χ2n) is 2.60. The molecule has 0 aliphatic heterocycles. The first-order valence-corrected chi connectivity index (χ1v) is 5.90. The van der Waals surface area contributed by atoms with Crippen molar-refractivity contribution in [1.82, 2.24) is 15.5 Å². The average Bonchev–Trinajstić information content (AvgIpc) is 2.50. The zero-order valence-electron chi connectivity index (χ0n) is 8.02. The standard InChI is InChI=1S/C7H10N4O2S2/c1-4-10-11-7(15-4)14-3-2-5(12)9-6(8)13/h2-3H2,1H3,(H3,8,9,12,13). The van der Waals surface area contributed by atoms with E-state index in [-0.39, 0.29) is 12.3 Å². The van der Waals surface area contributed by atoms with Gasteiger partial charge in [0.15, 0.2) is 4.34 Å². The molecule has 0 atom stereocenters. The van der Waals surface area contributed by atoms with Crippen LogP contribution in [0.1, 0.15) is 11.4 Å². The molecule has 0 unspecified atom stereocenters. The third-order valence-electron chi connectivity index (χ3n) is 1.32. The van der Waals surface area contributed by atoms with E-state index < -0.39 is 6.03 Å². The number of carbonyl (C=O) groups excluding carboxylic acids is 2. The summed E-state index contributed by atoms with van der Waals surface area (Å²) in [6.07, 6.45) is 0.228. The molecule has 6 nitrogen and oxygen atoms in total. The lowest BCUT2D eigenvalue weighted by molar-refractivity contribution is -0.119.